The normalized spacial score (nSPS) is 17.0. The summed E-state index contributed by atoms with van der Waals surface area (Å²) in [7, 11) is 0. The Labute approximate surface area is 109 Å². The van der Waals surface area contributed by atoms with Crippen molar-refractivity contribution in [2.75, 3.05) is 11.1 Å². The predicted octanol–water partition coefficient (Wildman–Crippen LogP) is 3.88. The maximum Gasteiger partial charge on any atom is 0.109 e. The van der Waals surface area contributed by atoms with Gasteiger partial charge >= 0.3 is 0 Å². The van der Waals surface area contributed by atoms with Crippen molar-refractivity contribution in [3.8, 4) is 0 Å². The standard InChI is InChI=1S/C13H11N3OS/c14-9-3-1-8(2-4-9)13-15-11-6-5-10(16-17)7-12(11)18-13/h1-7,13,15H,14H2. The minimum atomic E-state index is 0.155. The highest BCUT2D eigenvalue weighted by molar-refractivity contribution is 8.00. The number of fused-ring (bicyclic) bond motifs is 1. The van der Waals surface area contributed by atoms with E-state index in [0.717, 1.165) is 21.8 Å². The van der Waals surface area contributed by atoms with E-state index >= 15 is 0 Å². The predicted molar refractivity (Wildman–Crippen MR) is 75.0 cm³/mol. The minimum absolute atomic E-state index is 0.155. The Hall–Kier alpha value is -2.01. The monoisotopic (exact) mass is 257 g/mol. The molecule has 0 amide bonds. The lowest BCUT2D eigenvalue weighted by atomic mass is 10.2. The molecule has 1 heterocycles. The number of nitrogen functional groups attached to an aromatic ring is 1. The molecule has 2 aromatic rings. The highest BCUT2D eigenvalue weighted by Gasteiger charge is 2.23. The summed E-state index contributed by atoms with van der Waals surface area (Å²) in [5.41, 5.74) is 9.08. The van der Waals surface area contributed by atoms with Gasteiger partial charge in [0.05, 0.1) is 0 Å². The van der Waals surface area contributed by atoms with Crippen LogP contribution in [-0.4, -0.2) is 0 Å². The number of anilines is 2. The van der Waals surface area contributed by atoms with Crippen LogP contribution in [0.25, 0.3) is 0 Å². The lowest BCUT2D eigenvalue weighted by molar-refractivity contribution is 1.13. The van der Waals surface area contributed by atoms with E-state index in [0.29, 0.717) is 5.69 Å². The molecule has 0 fully saturated rings. The van der Waals surface area contributed by atoms with Crippen LogP contribution in [0.3, 0.4) is 0 Å². The molecule has 3 N–H and O–H groups in total. The molecule has 1 unspecified atom stereocenters. The Morgan fingerprint density at radius 3 is 2.67 bits per heavy atom. The molecule has 90 valence electrons. The van der Waals surface area contributed by atoms with Gasteiger partial charge in [0.1, 0.15) is 11.1 Å². The van der Waals surface area contributed by atoms with Crippen LogP contribution in [-0.2, 0) is 0 Å². The molecule has 1 aliphatic rings. The first-order chi connectivity index (χ1) is 8.76. The van der Waals surface area contributed by atoms with Crippen LogP contribution in [0.4, 0.5) is 17.1 Å². The van der Waals surface area contributed by atoms with Crippen molar-refractivity contribution in [2.45, 2.75) is 10.3 Å². The maximum absolute atomic E-state index is 10.5. The van der Waals surface area contributed by atoms with E-state index in [1.807, 2.05) is 30.3 Å². The molecule has 0 saturated heterocycles. The van der Waals surface area contributed by atoms with Gasteiger partial charge in [0, 0.05) is 16.3 Å². The molecule has 0 radical (unpaired) electrons. The van der Waals surface area contributed by atoms with E-state index < -0.39 is 0 Å². The number of hydrogen-bond donors (Lipinski definition) is 2. The lowest BCUT2D eigenvalue weighted by Crippen LogP contribution is -2.00. The van der Waals surface area contributed by atoms with E-state index in [-0.39, 0.29) is 5.37 Å². The third kappa shape index (κ3) is 1.93. The van der Waals surface area contributed by atoms with Crippen molar-refractivity contribution in [1.29, 1.82) is 0 Å². The molecule has 4 nitrogen and oxygen atoms in total. The van der Waals surface area contributed by atoms with Crippen LogP contribution < -0.4 is 11.1 Å². The Morgan fingerprint density at radius 2 is 1.94 bits per heavy atom. The highest BCUT2D eigenvalue weighted by atomic mass is 32.2. The zero-order valence-electron chi connectivity index (χ0n) is 9.46. The van der Waals surface area contributed by atoms with Gasteiger partial charge < -0.3 is 11.1 Å². The molecule has 2 aromatic carbocycles. The summed E-state index contributed by atoms with van der Waals surface area (Å²) in [6, 6.07) is 13.2. The first kappa shape index (κ1) is 11.1. The summed E-state index contributed by atoms with van der Waals surface area (Å²) >= 11 is 1.67. The van der Waals surface area contributed by atoms with E-state index in [2.05, 4.69) is 10.5 Å². The number of nitrogens with zero attached hydrogens (tertiary/aromatic N) is 1. The number of nitrogens with two attached hydrogens (primary N) is 1. The molecule has 0 saturated carbocycles. The van der Waals surface area contributed by atoms with Gasteiger partial charge in [-0.05, 0) is 41.1 Å². The van der Waals surface area contributed by atoms with E-state index in [9.17, 15) is 4.91 Å². The van der Waals surface area contributed by atoms with Gasteiger partial charge in [0.25, 0.3) is 0 Å². The molecule has 0 aromatic heterocycles. The van der Waals surface area contributed by atoms with Crippen LogP contribution in [0.2, 0.25) is 0 Å². The molecule has 1 atom stereocenters. The number of nitrogens with one attached hydrogen (secondary N) is 1. The Morgan fingerprint density at radius 1 is 1.17 bits per heavy atom. The third-order valence-corrected chi connectivity index (χ3v) is 4.06. The zero-order valence-corrected chi connectivity index (χ0v) is 10.3. The number of rotatable bonds is 2. The molecule has 0 spiro atoms. The summed E-state index contributed by atoms with van der Waals surface area (Å²) in [6.07, 6.45) is 0. The van der Waals surface area contributed by atoms with Crippen LogP contribution in [0.1, 0.15) is 10.9 Å². The Bertz CT molecular complexity index is 598. The average molecular weight is 257 g/mol. The molecule has 0 bridgehead atoms. The van der Waals surface area contributed by atoms with E-state index in [4.69, 9.17) is 5.73 Å². The molecular formula is C13H11N3OS. The van der Waals surface area contributed by atoms with Gasteiger partial charge in [-0.15, -0.1) is 4.91 Å². The second-order valence-electron chi connectivity index (χ2n) is 4.08. The first-order valence-corrected chi connectivity index (χ1v) is 6.40. The van der Waals surface area contributed by atoms with Crippen LogP contribution in [0.5, 0.6) is 0 Å². The Kier molecular flexibility index (Phi) is 2.68. The summed E-state index contributed by atoms with van der Waals surface area (Å²) in [5.74, 6) is 0. The van der Waals surface area contributed by atoms with Crippen LogP contribution >= 0.6 is 11.8 Å². The summed E-state index contributed by atoms with van der Waals surface area (Å²) in [5, 5.41) is 6.50. The number of benzene rings is 2. The SMILES string of the molecule is Nc1ccc(C2Nc3ccc(N=O)cc3S2)cc1. The van der Waals surface area contributed by atoms with Gasteiger partial charge in [0.15, 0.2) is 0 Å². The van der Waals surface area contributed by atoms with Gasteiger partial charge in [-0.1, -0.05) is 23.9 Å². The van der Waals surface area contributed by atoms with E-state index in [1.54, 1.807) is 23.9 Å². The van der Waals surface area contributed by atoms with Gasteiger partial charge in [-0.3, -0.25) is 0 Å². The van der Waals surface area contributed by atoms with Crippen molar-refractivity contribution in [1.82, 2.24) is 0 Å². The van der Waals surface area contributed by atoms with Crippen molar-refractivity contribution < 1.29 is 0 Å². The first-order valence-electron chi connectivity index (χ1n) is 5.52. The van der Waals surface area contributed by atoms with Crippen LogP contribution in [0, 0.1) is 4.91 Å². The van der Waals surface area contributed by atoms with Gasteiger partial charge in [-0.2, -0.15) is 0 Å². The quantitative estimate of drug-likeness (QED) is 0.632. The molecule has 3 rings (SSSR count). The van der Waals surface area contributed by atoms with Crippen molar-refractivity contribution in [2.24, 2.45) is 5.18 Å². The fraction of sp³-hybridized carbons (Fsp3) is 0.0769. The topological polar surface area (TPSA) is 67.5 Å². The summed E-state index contributed by atoms with van der Waals surface area (Å²) in [4.78, 5) is 11.6. The van der Waals surface area contributed by atoms with Crippen molar-refractivity contribution in [3.63, 3.8) is 0 Å². The van der Waals surface area contributed by atoms with Crippen LogP contribution in [0.15, 0.2) is 52.5 Å². The highest BCUT2D eigenvalue weighted by Crippen LogP contribution is 2.47. The van der Waals surface area contributed by atoms with Gasteiger partial charge in [0.2, 0.25) is 0 Å². The zero-order chi connectivity index (χ0) is 12.5. The molecule has 1 aliphatic heterocycles. The summed E-state index contributed by atoms with van der Waals surface area (Å²) in [6.45, 7) is 0. The minimum Gasteiger partial charge on any atom is -0.399 e. The molecule has 5 heteroatoms. The second kappa shape index (κ2) is 4.34. The number of hydrogen-bond acceptors (Lipinski definition) is 5. The average Bonchev–Trinajstić information content (AvgIpc) is 2.82. The molecular weight excluding hydrogens is 246 g/mol. The molecule has 0 aliphatic carbocycles. The summed E-state index contributed by atoms with van der Waals surface area (Å²) < 4.78 is 0. The number of thioether (sulfide) groups is 1. The third-order valence-electron chi connectivity index (χ3n) is 2.84. The fourth-order valence-electron chi connectivity index (χ4n) is 1.90. The number of nitroso groups, excluding NO2 is 1. The van der Waals surface area contributed by atoms with Crippen molar-refractivity contribution >= 4 is 28.8 Å². The second-order valence-corrected chi connectivity index (χ2v) is 5.23. The van der Waals surface area contributed by atoms with E-state index in [1.165, 1.54) is 0 Å². The van der Waals surface area contributed by atoms with Gasteiger partial charge in [-0.25, -0.2) is 0 Å². The van der Waals surface area contributed by atoms with Crippen molar-refractivity contribution in [3.05, 3.63) is 52.9 Å². The maximum atomic E-state index is 10.5. The smallest absolute Gasteiger partial charge is 0.109 e. The largest absolute Gasteiger partial charge is 0.399 e. The lowest BCUT2D eigenvalue weighted by Gasteiger charge is -2.10. The Balaban J connectivity index is 1.88. The molecule has 18 heavy (non-hydrogen) atoms. The fourth-order valence-corrected chi connectivity index (χ4v) is 3.08.